The minimum Gasteiger partial charge on any atom is -0.335 e. The summed E-state index contributed by atoms with van der Waals surface area (Å²) in [6.07, 6.45) is 0.845. The van der Waals surface area contributed by atoms with Crippen molar-refractivity contribution in [3.05, 3.63) is 34.9 Å². The first-order valence-corrected chi connectivity index (χ1v) is 8.36. The van der Waals surface area contributed by atoms with Crippen LogP contribution in [0.3, 0.4) is 0 Å². The molecule has 1 saturated heterocycles. The molecule has 0 spiro atoms. The van der Waals surface area contributed by atoms with Gasteiger partial charge in [-0.2, -0.15) is 0 Å². The number of hydrogen-bond acceptors (Lipinski definition) is 3. The standard InChI is InChI=1S/C17H24ClN3O2.ClH/c1-3-12(2)16(19)17(23)21-9-8-20(15(22)11-21)10-13-4-6-14(18)7-5-13;/h4-7,12,16H,3,8-11,19H2,1-2H3;1H. The van der Waals surface area contributed by atoms with Gasteiger partial charge in [0.25, 0.3) is 0 Å². The van der Waals surface area contributed by atoms with Crippen molar-refractivity contribution in [3.63, 3.8) is 0 Å². The van der Waals surface area contributed by atoms with Crippen LogP contribution in [-0.4, -0.2) is 47.3 Å². The van der Waals surface area contributed by atoms with Crippen molar-refractivity contribution in [1.82, 2.24) is 9.80 Å². The van der Waals surface area contributed by atoms with E-state index in [9.17, 15) is 9.59 Å². The lowest BCUT2D eigenvalue weighted by Gasteiger charge is -2.36. The van der Waals surface area contributed by atoms with Crippen molar-refractivity contribution in [2.45, 2.75) is 32.9 Å². The fourth-order valence-corrected chi connectivity index (χ4v) is 2.71. The Morgan fingerprint density at radius 3 is 2.46 bits per heavy atom. The first-order chi connectivity index (χ1) is 10.9. The lowest BCUT2D eigenvalue weighted by Crippen LogP contribution is -2.56. The van der Waals surface area contributed by atoms with Gasteiger partial charge in [0.1, 0.15) is 0 Å². The minimum atomic E-state index is -0.532. The Bertz CT molecular complexity index is 565. The average Bonchev–Trinajstić information content (AvgIpc) is 2.56. The summed E-state index contributed by atoms with van der Waals surface area (Å²) in [5.41, 5.74) is 7.02. The third-order valence-corrected chi connectivity index (χ3v) is 4.71. The van der Waals surface area contributed by atoms with Crippen LogP contribution in [-0.2, 0) is 16.1 Å². The molecule has 24 heavy (non-hydrogen) atoms. The van der Waals surface area contributed by atoms with Crippen molar-refractivity contribution in [1.29, 1.82) is 0 Å². The third kappa shape index (κ3) is 5.10. The second-order valence-electron chi connectivity index (χ2n) is 6.11. The highest BCUT2D eigenvalue weighted by Crippen LogP contribution is 2.15. The number of nitrogens with zero attached hydrogens (tertiary/aromatic N) is 2. The molecule has 0 bridgehead atoms. The van der Waals surface area contributed by atoms with Gasteiger partial charge in [-0.1, -0.05) is 44.0 Å². The molecule has 0 aliphatic carbocycles. The first kappa shape index (κ1) is 20.7. The van der Waals surface area contributed by atoms with E-state index in [1.807, 2.05) is 38.1 Å². The molecule has 2 rings (SSSR count). The molecule has 0 aromatic heterocycles. The maximum atomic E-state index is 12.4. The molecule has 134 valence electrons. The van der Waals surface area contributed by atoms with E-state index in [1.54, 1.807) is 9.80 Å². The van der Waals surface area contributed by atoms with Crippen molar-refractivity contribution in [3.8, 4) is 0 Å². The van der Waals surface area contributed by atoms with E-state index in [0.29, 0.717) is 24.7 Å². The topological polar surface area (TPSA) is 66.6 Å². The Labute approximate surface area is 154 Å². The zero-order valence-electron chi connectivity index (χ0n) is 14.1. The maximum Gasteiger partial charge on any atom is 0.242 e. The monoisotopic (exact) mass is 373 g/mol. The highest BCUT2D eigenvalue weighted by Gasteiger charge is 2.31. The number of rotatable bonds is 5. The normalized spacial score (nSPS) is 17.2. The maximum absolute atomic E-state index is 12.4. The van der Waals surface area contributed by atoms with Crippen LogP contribution in [0.4, 0.5) is 0 Å². The minimum absolute atomic E-state index is 0. The van der Waals surface area contributed by atoms with Crippen LogP contribution in [0, 0.1) is 5.92 Å². The summed E-state index contributed by atoms with van der Waals surface area (Å²) in [4.78, 5) is 28.0. The molecule has 0 radical (unpaired) electrons. The van der Waals surface area contributed by atoms with Crippen molar-refractivity contribution < 1.29 is 9.59 Å². The van der Waals surface area contributed by atoms with E-state index < -0.39 is 6.04 Å². The molecule has 1 aromatic rings. The van der Waals surface area contributed by atoms with Gasteiger partial charge in [-0.05, 0) is 23.6 Å². The summed E-state index contributed by atoms with van der Waals surface area (Å²) >= 11 is 5.87. The number of hydrogen-bond donors (Lipinski definition) is 1. The SMILES string of the molecule is CCC(C)C(N)C(=O)N1CCN(Cc2ccc(Cl)cc2)C(=O)C1.Cl. The van der Waals surface area contributed by atoms with Gasteiger partial charge in [0.05, 0.1) is 12.6 Å². The van der Waals surface area contributed by atoms with Gasteiger partial charge in [0.15, 0.2) is 0 Å². The Balaban J connectivity index is 0.00000288. The number of carbonyl (C=O) groups excluding carboxylic acids is 2. The predicted molar refractivity (Wildman–Crippen MR) is 98.1 cm³/mol. The summed E-state index contributed by atoms with van der Waals surface area (Å²) < 4.78 is 0. The quantitative estimate of drug-likeness (QED) is 0.860. The van der Waals surface area contributed by atoms with Crippen molar-refractivity contribution in [2.75, 3.05) is 19.6 Å². The molecule has 1 fully saturated rings. The zero-order valence-corrected chi connectivity index (χ0v) is 15.6. The Morgan fingerprint density at radius 1 is 1.29 bits per heavy atom. The van der Waals surface area contributed by atoms with Gasteiger partial charge in [-0.15, -0.1) is 12.4 Å². The molecule has 7 heteroatoms. The summed E-state index contributed by atoms with van der Waals surface area (Å²) in [5.74, 6) is -0.0561. The van der Waals surface area contributed by atoms with E-state index in [-0.39, 0.29) is 36.7 Å². The molecule has 2 N–H and O–H groups in total. The smallest absolute Gasteiger partial charge is 0.242 e. The molecule has 1 aliphatic rings. The number of halogens is 2. The number of piperazine rings is 1. The largest absolute Gasteiger partial charge is 0.335 e. The molecule has 2 amide bonds. The Morgan fingerprint density at radius 2 is 1.92 bits per heavy atom. The summed E-state index contributed by atoms with van der Waals surface area (Å²) in [6, 6.07) is 6.91. The third-order valence-electron chi connectivity index (χ3n) is 4.46. The average molecular weight is 374 g/mol. The van der Waals surface area contributed by atoms with E-state index in [2.05, 4.69) is 0 Å². The summed E-state index contributed by atoms with van der Waals surface area (Å²) in [6.45, 7) is 5.67. The summed E-state index contributed by atoms with van der Waals surface area (Å²) in [5, 5.41) is 0.675. The van der Waals surface area contributed by atoms with E-state index >= 15 is 0 Å². The molecular weight excluding hydrogens is 349 g/mol. The van der Waals surface area contributed by atoms with Crippen LogP contribution >= 0.6 is 24.0 Å². The van der Waals surface area contributed by atoms with Crippen LogP contribution in [0.1, 0.15) is 25.8 Å². The van der Waals surface area contributed by atoms with E-state index in [1.165, 1.54) is 0 Å². The van der Waals surface area contributed by atoms with Crippen LogP contribution in [0.5, 0.6) is 0 Å². The van der Waals surface area contributed by atoms with Crippen molar-refractivity contribution in [2.24, 2.45) is 11.7 Å². The second kappa shape index (κ2) is 9.25. The molecule has 1 heterocycles. The predicted octanol–water partition coefficient (Wildman–Crippen LogP) is 2.31. The van der Waals surface area contributed by atoms with Crippen molar-refractivity contribution >= 4 is 35.8 Å². The number of amides is 2. The number of carbonyl (C=O) groups is 2. The first-order valence-electron chi connectivity index (χ1n) is 7.99. The van der Waals surface area contributed by atoms with Gasteiger partial charge in [-0.3, -0.25) is 9.59 Å². The fraction of sp³-hybridized carbons (Fsp3) is 0.529. The Kier molecular flexibility index (Phi) is 8.00. The number of benzene rings is 1. The zero-order chi connectivity index (χ0) is 17.0. The van der Waals surface area contributed by atoms with Crippen LogP contribution in [0.2, 0.25) is 5.02 Å². The van der Waals surface area contributed by atoms with E-state index in [4.69, 9.17) is 17.3 Å². The van der Waals surface area contributed by atoms with Gasteiger partial charge < -0.3 is 15.5 Å². The molecule has 1 aliphatic heterocycles. The fourth-order valence-electron chi connectivity index (χ4n) is 2.58. The lowest BCUT2D eigenvalue weighted by atomic mass is 9.98. The van der Waals surface area contributed by atoms with Crippen LogP contribution < -0.4 is 5.73 Å². The van der Waals surface area contributed by atoms with Crippen LogP contribution in [0.25, 0.3) is 0 Å². The van der Waals surface area contributed by atoms with Gasteiger partial charge in [-0.25, -0.2) is 0 Å². The number of nitrogens with two attached hydrogens (primary N) is 1. The van der Waals surface area contributed by atoms with E-state index in [0.717, 1.165) is 12.0 Å². The van der Waals surface area contributed by atoms with Gasteiger partial charge in [0.2, 0.25) is 11.8 Å². The summed E-state index contributed by atoms with van der Waals surface area (Å²) in [7, 11) is 0. The highest BCUT2D eigenvalue weighted by molar-refractivity contribution is 6.30. The molecule has 2 atom stereocenters. The van der Waals surface area contributed by atoms with Gasteiger partial charge >= 0.3 is 0 Å². The Hall–Kier alpha value is -1.30. The molecule has 1 aromatic carbocycles. The van der Waals surface area contributed by atoms with Crippen LogP contribution in [0.15, 0.2) is 24.3 Å². The van der Waals surface area contributed by atoms with Gasteiger partial charge in [0, 0.05) is 24.7 Å². The molecule has 5 nitrogen and oxygen atoms in total. The molecule has 2 unspecified atom stereocenters. The molecular formula is C17H25Cl2N3O2. The highest BCUT2D eigenvalue weighted by atomic mass is 35.5. The second-order valence-corrected chi connectivity index (χ2v) is 6.55. The lowest BCUT2D eigenvalue weighted by molar-refractivity contribution is -0.147. The molecule has 0 saturated carbocycles.